The second-order valence-electron chi connectivity index (χ2n) is 4.70. The van der Waals surface area contributed by atoms with Gasteiger partial charge in [0.25, 0.3) is 0 Å². The molecule has 0 radical (unpaired) electrons. The highest BCUT2D eigenvalue weighted by Crippen LogP contribution is 2.41. The number of hydrogen-bond donors (Lipinski definition) is 1. The lowest BCUT2D eigenvalue weighted by Crippen LogP contribution is -2.37. The van der Waals surface area contributed by atoms with Gasteiger partial charge in [-0.05, 0) is 6.92 Å². The standard InChI is InChI=1S/C16H24N2O6/c1-6-24-16(20)17-7-8-18(11(2)19)12-9-13(21-3)15(23-5)14(10-12)22-4/h9-10H,6-8H2,1-5H3,(H,17,20). The monoisotopic (exact) mass is 340 g/mol. The fraction of sp³-hybridized carbons (Fsp3) is 0.500. The van der Waals surface area contributed by atoms with E-state index in [-0.39, 0.29) is 25.6 Å². The minimum atomic E-state index is -0.522. The molecule has 0 aliphatic rings. The smallest absolute Gasteiger partial charge is 0.407 e. The lowest BCUT2D eigenvalue weighted by Gasteiger charge is -2.23. The summed E-state index contributed by atoms with van der Waals surface area (Å²) in [6.07, 6.45) is -0.522. The molecule has 0 aliphatic heterocycles. The Kier molecular flexibility index (Phi) is 7.67. The van der Waals surface area contributed by atoms with E-state index in [1.165, 1.54) is 33.2 Å². The molecule has 0 saturated heterocycles. The number of rotatable bonds is 8. The predicted molar refractivity (Wildman–Crippen MR) is 89.1 cm³/mol. The van der Waals surface area contributed by atoms with Crippen molar-refractivity contribution >= 4 is 17.7 Å². The zero-order valence-corrected chi connectivity index (χ0v) is 14.7. The average molecular weight is 340 g/mol. The Morgan fingerprint density at radius 1 is 1.08 bits per heavy atom. The van der Waals surface area contributed by atoms with Gasteiger partial charge in [-0.3, -0.25) is 4.79 Å². The van der Waals surface area contributed by atoms with Crippen LogP contribution in [0.2, 0.25) is 0 Å². The molecule has 0 saturated carbocycles. The van der Waals surface area contributed by atoms with Gasteiger partial charge in [0.15, 0.2) is 11.5 Å². The Balaban J connectivity index is 2.99. The average Bonchev–Trinajstić information content (AvgIpc) is 2.57. The molecule has 1 rings (SSSR count). The summed E-state index contributed by atoms with van der Waals surface area (Å²) < 4.78 is 20.6. The van der Waals surface area contributed by atoms with Crippen LogP contribution in [0.3, 0.4) is 0 Å². The third kappa shape index (κ3) is 4.94. The highest BCUT2D eigenvalue weighted by Gasteiger charge is 2.19. The molecule has 24 heavy (non-hydrogen) atoms. The summed E-state index contributed by atoms with van der Waals surface area (Å²) in [6, 6.07) is 3.35. The van der Waals surface area contributed by atoms with Crippen LogP contribution in [-0.4, -0.2) is 53.0 Å². The molecule has 0 spiro atoms. The zero-order chi connectivity index (χ0) is 18.1. The van der Waals surface area contributed by atoms with E-state index < -0.39 is 6.09 Å². The number of hydrogen-bond acceptors (Lipinski definition) is 6. The minimum absolute atomic E-state index is 0.185. The van der Waals surface area contributed by atoms with Crippen molar-refractivity contribution in [3.63, 3.8) is 0 Å². The van der Waals surface area contributed by atoms with Crippen LogP contribution in [0.5, 0.6) is 17.2 Å². The number of alkyl carbamates (subject to hydrolysis) is 1. The molecule has 8 heteroatoms. The molecule has 1 N–H and O–H groups in total. The van der Waals surface area contributed by atoms with Crippen LogP contribution in [0.1, 0.15) is 13.8 Å². The second kappa shape index (κ2) is 9.49. The van der Waals surface area contributed by atoms with Crippen LogP contribution in [0.15, 0.2) is 12.1 Å². The van der Waals surface area contributed by atoms with Crippen molar-refractivity contribution in [1.29, 1.82) is 0 Å². The van der Waals surface area contributed by atoms with Crippen molar-refractivity contribution in [3.05, 3.63) is 12.1 Å². The number of ether oxygens (including phenoxy) is 4. The van der Waals surface area contributed by atoms with Gasteiger partial charge in [0.2, 0.25) is 11.7 Å². The van der Waals surface area contributed by atoms with E-state index in [0.29, 0.717) is 22.9 Å². The molecule has 0 fully saturated rings. The van der Waals surface area contributed by atoms with Crippen LogP contribution in [0.4, 0.5) is 10.5 Å². The maximum absolute atomic E-state index is 12.0. The summed E-state index contributed by atoms with van der Waals surface area (Å²) >= 11 is 0. The molecule has 0 bridgehead atoms. The van der Waals surface area contributed by atoms with Crippen molar-refractivity contribution in [3.8, 4) is 17.2 Å². The molecular formula is C16H24N2O6. The van der Waals surface area contributed by atoms with Gasteiger partial charge in [-0.2, -0.15) is 0 Å². The second-order valence-corrected chi connectivity index (χ2v) is 4.70. The first-order valence-corrected chi connectivity index (χ1v) is 7.47. The number of anilines is 1. The number of amides is 2. The highest BCUT2D eigenvalue weighted by atomic mass is 16.5. The molecule has 1 aromatic carbocycles. The normalized spacial score (nSPS) is 9.88. The van der Waals surface area contributed by atoms with Gasteiger partial charge in [0.05, 0.1) is 33.6 Å². The number of methoxy groups -OCH3 is 3. The molecule has 0 atom stereocenters. The molecule has 2 amide bonds. The Hall–Kier alpha value is -2.64. The van der Waals surface area contributed by atoms with E-state index in [9.17, 15) is 9.59 Å². The van der Waals surface area contributed by atoms with Crippen molar-refractivity contribution in [1.82, 2.24) is 5.32 Å². The maximum Gasteiger partial charge on any atom is 0.407 e. The third-order valence-electron chi connectivity index (χ3n) is 3.22. The van der Waals surface area contributed by atoms with Crippen LogP contribution in [0, 0.1) is 0 Å². The molecular weight excluding hydrogens is 316 g/mol. The van der Waals surface area contributed by atoms with E-state index in [4.69, 9.17) is 18.9 Å². The summed E-state index contributed by atoms with van der Waals surface area (Å²) in [7, 11) is 4.51. The molecule has 134 valence electrons. The predicted octanol–water partition coefficient (Wildman–Crippen LogP) is 1.81. The largest absolute Gasteiger partial charge is 0.493 e. The SMILES string of the molecule is CCOC(=O)NCCN(C(C)=O)c1cc(OC)c(OC)c(OC)c1. The van der Waals surface area contributed by atoms with Gasteiger partial charge in [0.1, 0.15) is 0 Å². The number of carbonyl (C=O) groups excluding carboxylic acids is 2. The maximum atomic E-state index is 12.0. The third-order valence-corrected chi connectivity index (χ3v) is 3.22. The molecule has 0 unspecified atom stereocenters. The minimum Gasteiger partial charge on any atom is -0.493 e. The van der Waals surface area contributed by atoms with E-state index in [0.717, 1.165) is 0 Å². The first-order chi connectivity index (χ1) is 11.5. The summed E-state index contributed by atoms with van der Waals surface area (Å²) in [5, 5.41) is 2.58. The first-order valence-electron chi connectivity index (χ1n) is 7.47. The number of carbonyl (C=O) groups is 2. The lowest BCUT2D eigenvalue weighted by atomic mass is 10.2. The van der Waals surface area contributed by atoms with Gasteiger partial charge < -0.3 is 29.2 Å². The molecule has 8 nitrogen and oxygen atoms in total. The van der Waals surface area contributed by atoms with Gasteiger partial charge in [-0.25, -0.2) is 4.79 Å². The number of nitrogens with one attached hydrogen (secondary N) is 1. The molecule has 0 aliphatic carbocycles. The lowest BCUT2D eigenvalue weighted by molar-refractivity contribution is -0.116. The van der Waals surface area contributed by atoms with Crippen molar-refractivity contribution < 1.29 is 28.5 Å². The first kappa shape index (κ1) is 19.4. The fourth-order valence-electron chi connectivity index (χ4n) is 2.14. The fourth-order valence-corrected chi connectivity index (χ4v) is 2.14. The van der Waals surface area contributed by atoms with E-state index in [1.807, 2.05) is 0 Å². The summed E-state index contributed by atoms with van der Waals surface area (Å²) in [4.78, 5) is 24.8. The quantitative estimate of drug-likeness (QED) is 0.777. The topological polar surface area (TPSA) is 86.3 Å². The van der Waals surface area contributed by atoms with Crippen molar-refractivity contribution in [2.75, 3.05) is 45.9 Å². The Labute approximate surface area is 141 Å². The van der Waals surface area contributed by atoms with Crippen molar-refractivity contribution in [2.45, 2.75) is 13.8 Å². The summed E-state index contributed by atoms with van der Waals surface area (Å²) in [5.74, 6) is 1.14. The van der Waals surface area contributed by atoms with E-state index in [1.54, 1.807) is 19.1 Å². The van der Waals surface area contributed by atoms with Crippen molar-refractivity contribution in [2.24, 2.45) is 0 Å². The molecule has 0 aromatic heterocycles. The van der Waals surface area contributed by atoms with Crippen LogP contribution < -0.4 is 24.4 Å². The van der Waals surface area contributed by atoms with Gasteiger partial charge >= 0.3 is 6.09 Å². The Morgan fingerprint density at radius 3 is 2.08 bits per heavy atom. The Bertz CT molecular complexity index is 551. The number of nitrogens with zero attached hydrogens (tertiary/aromatic N) is 1. The van der Waals surface area contributed by atoms with Crippen LogP contribution in [-0.2, 0) is 9.53 Å². The van der Waals surface area contributed by atoms with Crippen LogP contribution in [0.25, 0.3) is 0 Å². The molecule has 0 heterocycles. The van der Waals surface area contributed by atoms with E-state index >= 15 is 0 Å². The van der Waals surface area contributed by atoms with Gasteiger partial charge in [0, 0.05) is 32.1 Å². The van der Waals surface area contributed by atoms with E-state index in [2.05, 4.69) is 5.32 Å². The molecule has 1 aromatic rings. The van der Waals surface area contributed by atoms with Gasteiger partial charge in [-0.1, -0.05) is 0 Å². The zero-order valence-electron chi connectivity index (χ0n) is 14.7. The van der Waals surface area contributed by atoms with Crippen LogP contribution >= 0.6 is 0 Å². The van der Waals surface area contributed by atoms with Gasteiger partial charge in [-0.15, -0.1) is 0 Å². The number of benzene rings is 1. The summed E-state index contributed by atoms with van der Waals surface area (Å²) in [6.45, 7) is 3.96. The Morgan fingerprint density at radius 2 is 1.67 bits per heavy atom. The summed E-state index contributed by atoms with van der Waals surface area (Å²) in [5.41, 5.74) is 0.572. The highest BCUT2D eigenvalue weighted by molar-refractivity contribution is 5.92.